The quantitative estimate of drug-likeness (QED) is 0.586. The highest BCUT2D eigenvalue weighted by molar-refractivity contribution is 7.89. The second-order valence-corrected chi connectivity index (χ2v) is 10.2. The molecule has 4 rings (SSSR count). The monoisotopic (exact) mass is 456 g/mol. The highest BCUT2D eigenvalue weighted by Crippen LogP contribution is 2.25. The molecule has 170 valence electrons. The molecule has 0 spiro atoms. The number of hydrogen-bond acceptors (Lipinski definition) is 6. The highest BCUT2D eigenvalue weighted by atomic mass is 32.2. The van der Waals surface area contributed by atoms with E-state index in [0.29, 0.717) is 26.2 Å². The summed E-state index contributed by atoms with van der Waals surface area (Å²) in [5, 5.41) is 3.65. The number of benzene rings is 1. The zero-order valence-corrected chi connectivity index (χ0v) is 19.2. The third kappa shape index (κ3) is 4.94. The summed E-state index contributed by atoms with van der Waals surface area (Å²) in [6.45, 7) is 6.12. The Morgan fingerprint density at radius 2 is 1.88 bits per heavy atom. The van der Waals surface area contributed by atoms with Crippen molar-refractivity contribution >= 4 is 32.7 Å². The van der Waals surface area contributed by atoms with Crippen LogP contribution in [0.5, 0.6) is 0 Å². The van der Waals surface area contributed by atoms with E-state index >= 15 is 0 Å². The Hall–Kier alpha value is -2.91. The van der Waals surface area contributed by atoms with Gasteiger partial charge < -0.3 is 14.6 Å². The molecule has 0 radical (unpaired) electrons. The van der Waals surface area contributed by atoms with Gasteiger partial charge in [-0.2, -0.15) is 4.31 Å². The Morgan fingerprint density at radius 3 is 2.59 bits per heavy atom. The first-order valence-electron chi connectivity index (χ1n) is 10.7. The SMILES string of the molecule is Cc1cc2occ(CC(=O)NCCS(=O)(=O)N3CCN(c4ccccn4)CC3)c2cc1C. The van der Waals surface area contributed by atoms with Crippen molar-refractivity contribution in [2.24, 2.45) is 0 Å². The van der Waals surface area contributed by atoms with Crippen molar-refractivity contribution < 1.29 is 17.6 Å². The van der Waals surface area contributed by atoms with E-state index < -0.39 is 10.0 Å². The lowest BCUT2D eigenvalue weighted by atomic mass is 10.0. The Morgan fingerprint density at radius 1 is 1.12 bits per heavy atom. The molecule has 1 N–H and O–H groups in total. The third-order valence-electron chi connectivity index (χ3n) is 5.91. The predicted molar refractivity (Wildman–Crippen MR) is 124 cm³/mol. The van der Waals surface area contributed by atoms with Gasteiger partial charge in [0.2, 0.25) is 15.9 Å². The minimum absolute atomic E-state index is 0.0789. The van der Waals surface area contributed by atoms with Crippen LogP contribution in [-0.2, 0) is 21.2 Å². The van der Waals surface area contributed by atoms with Crippen LogP contribution in [0.1, 0.15) is 16.7 Å². The maximum atomic E-state index is 12.7. The Labute approximate surface area is 188 Å². The van der Waals surface area contributed by atoms with E-state index in [9.17, 15) is 13.2 Å². The zero-order chi connectivity index (χ0) is 22.7. The lowest BCUT2D eigenvalue weighted by Crippen LogP contribution is -2.50. The minimum Gasteiger partial charge on any atom is -0.464 e. The van der Waals surface area contributed by atoms with Crippen molar-refractivity contribution in [3.05, 3.63) is 59.5 Å². The number of fused-ring (bicyclic) bond motifs is 1. The third-order valence-corrected chi connectivity index (χ3v) is 7.78. The number of carbonyl (C=O) groups excluding carboxylic acids is 1. The normalized spacial score (nSPS) is 15.2. The first-order chi connectivity index (χ1) is 15.3. The van der Waals surface area contributed by atoms with Gasteiger partial charge in [0.1, 0.15) is 11.4 Å². The standard InChI is InChI=1S/C23H28N4O4S/c1-17-13-20-19(16-31-21(20)14-18(17)2)15-23(28)25-7-12-32(29,30)27-10-8-26(9-11-27)22-5-3-4-6-24-22/h3-6,13-14,16H,7-12,15H2,1-2H3,(H,25,28). The van der Waals surface area contributed by atoms with Gasteiger partial charge in [-0.25, -0.2) is 13.4 Å². The number of nitrogens with zero attached hydrogens (tertiary/aromatic N) is 3. The topological polar surface area (TPSA) is 95.7 Å². The number of furan rings is 1. The molecule has 1 fully saturated rings. The van der Waals surface area contributed by atoms with Gasteiger partial charge in [-0.15, -0.1) is 0 Å². The van der Waals surface area contributed by atoms with Crippen molar-refractivity contribution in [2.45, 2.75) is 20.3 Å². The average molecular weight is 457 g/mol. The lowest BCUT2D eigenvalue weighted by molar-refractivity contribution is -0.120. The molecule has 9 heteroatoms. The zero-order valence-electron chi connectivity index (χ0n) is 18.4. The molecule has 1 amide bonds. The highest BCUT2D eigenvalue weighted by Gasteiger charge is 2.27. The van der Waals surface area contributed by atoms with E-state index in [1.807, 2.05) is 44.2 Å². The van der Waals surface area contributed by atoms with Crippen molar-refractivity contribution in [3.8, 4) is 0 Å². The first-order valence-corrected chi connectivity index (χ1v) is 12.3. The molecule has 1 saturated heterocycles. The van der Waals surface area contributed by atoms with Gasteiger partial charge in [0.15, 0.2) is 0 Å². The van der Waals surface area contributed by atoms with E-state index in [1.54, 1.807) is 12.5 Å². The number of carbonyl (C=O) groups is 1. The number of aryl methyl sites for hydroxylation is 2. The number of nitrogens with one attached hydrogen (secondary N) is 1. The summed E-state index contributed by atoms with van der Waals surface area (Å²) in [6.07, 6.45) is 3.48. The summed E-state index contributed by atoms with van der Waals surface area (Å²) in [5.41, 5.74) is 3.82. The molecule has 0 saturated carbocycles. The van der Waals surface area contributed by atoms with Crippen molar-refractivity contribution in [1.29, 1.82) is 0 Å². The number of rotatable bonds is 7. The average Bonchev–Trinajstić information content (AvgIpc) is 3.15. The maximum Gasteiger partial charge on any atom is 0.224 e. The predicted octanol–water partition coefficient (Wildman–Crippen LogP) is 2.26. The Balaban J connectivity index is 1.27. The number of piperazine rings is 1. The summed E-state index contributed by atoms with van der Waals surface area (Å²) >= 11 is 0. The molecule has 8 nitrogen and oxygen atoms in total. The van der Waals surface area contributed by atoms with E-state index in [2.05, 4.69) is 15.2 Å². The number of anilines is 1. The van der Waals surface area contributed by atoms with Gasteiger partial charge >= 0.3 is 0 Å². The van der Waals surface area contributed by atoms with Gasteiger partial charge in [-0.1, -0.05) is 6.07 Å². The van der Waals surface area contributed by atoms with E-state index in [0.717, 1.165) is 33.5 Å². The van der Waals surface area contributed by atoms with Crippen LogP contribution in [0.25, 0.3) is 11.0 Å². The number of aromatic nitrogens is 1. The van der Waals surface area contributed by atoms with Gasteiger partial charge in [0.05, 0.1) is 18.4 Å². The Bertz CT molecular complexity index is 1200. The molecule has 2 aromatic heterocycles. The van der Waals surface area contributed by atoms with Crippen LogP contribution < -0.4 is 10.2 Å². The second-order valence-electron chi connectivity index (χ2n) is 8.11. The van der Waals surface area contributed by atoms with Crippen LogP contribution in [0.3, 0.4) is 0 Å². The molecule has 3 heterocycles. The molecule has 1 aromatic carbocycles. The smallest absolute Gasteiger partial charge is 0.224 e. The molecule has 1 aliphatic rings. The molecule has 0 atom stereocenters. The van der Waals surface area contributed by atoms with Crippen molar-refractivity contribution in [1.82, 2.24) is 14.6 Å². The molecule has 32 heavy (non-hydrogen) atoms. The number of sulfonamides is 1. The maximum absolute atomic E-state index is 12.7. The molecule has 0 aliphatic carbocycles. The molecular formula is C23H28N4O4S. The van der Waals surface area contributed by atoms with Gasteiger partial charge in [0, 0.05) is 49.9 Å². The Kier molecular flexibility index (Phi) is 6.48. The summed E-state index contributed by atoms with van der Waals surface area (Å²) in [5.74, 6) is 0.516. The van der Waals surface area contributed by atoms with Crippen LogP contribution in [0.15, 0.2) is 47.2 Å². The van der Waals surface area contributed by atoms with E-state index in [1.165, 1.54) is 4.31 Å². The fourth-order valence-corrected chi connectivity index (χ4v) is 5.23. The summed E-state index contributed by atoms with van der Waals surface area (Å²) in [4.78, 5) is 18.8. The number of amides is 1. The van der Waals surface area contributed by atoms with Crippen LogP contribution in [0, 0.1) is 13.8 Å². The van der Waals surface area contributed by atoms with Crippen LogP contribution in [0.4, 0.5) is 5.82 Å². The first kappa shape index (κ1) is 22.3. The molecular weight excluding hydrogens is 428 g/mol. The van der Waals surface area contributed by atoms with Gasteiger partial charge in [0.25, 0.3) is 0 Å². The fourth-order valence-electron chi connectivity index (χ4n) is 3.89. The fraction of sp³-hybridized carbons (Fsp3) is 0.391. The second kappa shape index (κ2) is 9.30. The van der Waals surface area contributed by atoms with E-state index in [-0.39, 0.29) is 24.6 Å². The van der Waals surface area contributed by atoms with Gasteiger partial charge in [-0.3, -0.25) is 4.79 Å². The molecule has 1 aliphatic heterocycles. The summed E-state index contributed by atoms with van der Waals surface area (Å²) in [7, 11) is -3.44. The van der Waals surface area contributed by atoms with Crippen LogP contribution in [-0.4, -0.2) is 62.1 Å². The molecule has 0 unspecified atom stereocenters. The van der Waals surface area contributed by atoms with Gasteiger partial charge in [-0.05, 0) is 49.2 Å². The lowest BCUT2D eigenvalue weighted by Gasteiger charge is -2.34. The number of pyridine rings is 1. The van der Waals surface area contributed by atoms with Crippen LogP contribution in [0.2, 0.25) is 0 Å². The van der Waals surface area contributed by atoms with Crippen molar-refractivity contribution in [2.75, 3.05) is 43.4 Å². The molecule has 0 bridgehead atoms. The summed E-state index contributed by atoms with van der Waals surface area (Å²) in [6, 6.07) is 9.68. The van der Waals surface area contributed by atoms with E-state index in [4.69, 9.17) is 4.42 Å². The number of hydrogen-bond donors (Lipinski definition) is 1. The largest absolute Gasteiger partial charge is 0.464 e. The summed E-state index contributed by atoms with van der Waals surface area (Å²) < 4.78 is 32.5. The van der Waals surface area contributed by atoms with Crippen LogP contribution >= 0.6 is 0 Å². The minimum atomic E-state index is -3.44. The molecule has 3 aromatic rings. The van der Waals surface area contributed by atoms with Crippen molar-refractivity contribution in [3.63, 3.8) is 0 Å².